The minimum atomic E-state index is -0.445. The summed E-state index contributed by atoms with van der Waals surface area (Å²) < 4.78 is 10.1. The molecule has 6 heteroatoms. The van der Waals surface area contributed by atoms with Gasteiger partial charge in [-0.1, -0.05) is 36.4 Å². The van der Waals surface area contributed by atoms with Crippen molar-refractivity contribution >= 4 is 17.6 Å². The van der Waals surface area contributed by atoms with Crippen LogP contribution in [0.25, 0.3) is 0 Å². The van der Waals surface area contributed by atoms with Crippen molar-refractivity contribution in [1.82, 2.24) is 4.90 Å². The van der Waals surface area contributed by atoms with Crippen molar-refractivity contribution in [3.8, 4) is 0 Å². The zero-order valence-corrected chi connectivity index (χ0v) is 15.6. The van der Waals surface area contributed by atoms with Gasteiger partial charge in [0.2, 0.25) is 5.91 Å². The number of hydrogen-bond acceptors (Lipinski definition) is 5. The second-order valence-electron chi connectivity index (χ2n) is 6.33. The SMILES string of the molecule is COC(=O)c1cccc(NC(=O)CN(Cc2ccccc2)Cc2ccco2)c1. The van der Waals surface area contributed by atoms with Crippen LogP contribution in [0.2, 0.25) is 0 Å². The molecule has 0 aliphatic rings. The van der Waals surface area contributed by atoms with Crippen molar-refractivity contribution in [3.05, 3.63) is 89.9 Å². The van der Waals surface area contributed by atoms with Crippen molar-refractivity contribution < 1.29 is 18.7 Å². The summed E-state index contributed by atoms with van der Waals surface area (Å²) in [7, 11) is 1.32. The Kier molecular flexibility index (Phi) is 6.59. The normalized spacial score (nSPS) is 10.6. The minimum absolute atomic E-state index is 0.176. The summed E-state index contributed by atoms with van der Waals surface area (Å²) >= 11 is 0. The van der Waals surface area contributed by atoms with Crippen LogP contribution >= 0.6 is 0 Å². The molecule has 144 valence electrons. The molecule has 0 fully saturated rings. The number of hydrogen-bond donors (Lipinski definition) is 1. The molecule has 2 aromatic carbocycles. The smallest absolute Gasteiger partial charge is 0.337 e. The molecule has 1 N–H and O–H groups in total. The maximum atomic E-state index is 12.6. The lowest BCUT2D eigenvalue weighted by Gasteiger charge is -2.21. The number of carbonyl (C=O) groups is 2. The van der Waals surface area contributed by atoms with Crippen LogP contribution in [0.3, 0.4) is 0 Å². The molecule has 28 heavy (non-hydrogen) atoms. The number of nitrogens with zero attached hydrogens (tertiary/aromatic N) is 1. The Morgan fingerprint density at radius 1 is 1.00 bits per heavy atom. The van der Waals surface area contributed by atoms with Gasteiger partial charge in [0.25, 0.3) is 0 Å². The van der Waals surface area contributed by atoms with Gasteiger partial charge in [-0.3, -0.25) is 9.69 Å². The maximum Gasteiger partial charge on any atom is 0.337 e. The third-order valence-electron chi connectivity index (χ3n) is 4.14. The first-order valence-electron chi connectivity index (χ1n) is 8.91. The zero-order valence-electron chi connectivity index (χ0n) is 15.6. The predicted octanol–water partition coefficient (Wildman–Crippen LogP) is 3.71. The molecule has 1 heterocycles. The van der Waals surface area contributed by atoms with Crippen LogP contribution in [0.5, 0.6) is 0 Å². The molecule has 0 bridgehead atoms. The highest BCUT2D eigenvalue weighted by atomic mass is 16.5. The van der Waals surface area contributed by atoms with E-state index in [1.807, 2.05) is 47.4 Å². The molecule has 0 saturated carbocycles. The monoisotopic (exact) mass is 378 g/mol. The molecule has 0 unspecified atom stereocenters. The van der Waals surface area contributed by atoms with E-state index in [-0.39, 0.29) is 12.5 Å². The Balaban J connectivity index is 1.67. The van der Waals surface area contributed by atoms with Crippen LogP contribution in [-0.2, 0) is 22.6 Å². The molecule has 0 aliphatic heterocycles. The highest BCUT2D eigenvalue weighted by Crippen LogP contribution is 2.14. The fourth-order valence-corrected chi connectivity index (χ4v) is 2.88. The largest absolute Gasteiger partial charge is 0.468 e. The average Bonchev–Trinajstić information content (AvgIpc) is 3.21. The first kappa shape index (κ1) is 19.4. The Morgan fingerprint density at radius 3 is 2.54 bits per heavy atom. The number of nitrogens with one attached hydrogen (secondary N) is 1. The molecule has 0 spiro atoms. The van der Waals surface area contributed by atoms with Gasteiger partial charge < -0.3 is 14.5 Å². The second kappa shape index (κ2) is 9.53. The van der Waals surface area contributed by atoms with Crippen molar-refractivity contribution in [3.63, 3.8) is 0 Å². The number of carbonyl (C=O) groups excluding carboxylic acids is 2. The zero-order chi connectivity index (χ0) is 19.8. The van der Waals surface area contributed by atoms with Crippen LogP contribution in [0.4, 0.5) is 5.69 Å². The standard InChI is InChI=1S/C22H22N2O4/c1-27-22(26)18-9-5-10-19(13-18)23-21(25)16-24(15-20-11-6-12-28-20)14-17-7-3-2-4-8-17/h2-13H,14-16H2,1H3,(H,23,25). The molecule has 0 aliphatic carbocycles. The van der Waals surface area contributed by atoms with E-state index in [4.69, 9.17) is 9.15 Å². The number of anilines is 1. The van der Waals surface area contributed by atoms with Gasteiger partial charge >= 0.3 is 5.97 Å². The van der Waals surface area contributed by atoms with Crippen LogP contribution in [0, 0.1) is 0 Å². The minimum Gasteiger partial charge on any atom is -0.468 e. The topological polar surface area (TPSA) is 71.8 Å². The molecule has 0 saturated heterocycles. The molecule has 1 amide bonds. The quantitative estimate of drug-likeness (QED) is 0.605. The van der Waals surface area contributed by atoms with E-state index < -0.39 is 5.97 Å². The lowest BCUT2D eigenvalue weighted by atomic mass is 10.2. The highest BCUT2D eigenvalue weighted by molar-refractivity contribution is 5.95. The van der Waals surface area contributed by atoms with Gasteiger partial charge in [-0.05, 0) is 35.9 Å². The molecule has 6 nitrogen and oxygen atoms in total. The van der Waals surface area contributed by atoms with Gasteiger partial charge in [0.05, 0.1) is 32.0 Å². The van der Waals surface area contributed by atoms with E-state index in [1.54, 1.807) is 30.5 Å². The molecule has 1 aromatic heterocycles. The summed E-state index contributed by atoms with van der Waals surface area (Å²) in [5.74, 6) is 0.167. The van der Waals surface area contributed by atoms with E-state index >= 15 is 0 Å². The Bertz CT molecular complexity index is 907. The van der Waals surface area contributed by atoms with Gasteiger partial charge in [0.1, 0.15) is 5.76 Å². The summed E-state index contributed by atoms with van der Waals surface area (Å²) in [6.45, 7) is 1.30. The number of benzene rings is 2. The van der Waals surface area contributed by atoms with Gasteiger partial charge in [-0.25, -0.2) is 4.79 Å². The summed E-state index contributed by atoms with van der Waals surface area (Å²) in [5.41, 5.74) is 2.04. The molecule has 3 aromatic rings. The van der Waals surface area contributed by atoms with E-state index in [0.29, 0.717) is 24.3 Å². The van der Waals surface area contributed by atoms with Crippen molar-refractivity contribution in [2.24, 2.45) is 0 Å². The predicted molar refractivity (Wildman–Crippen MR) is 106 cm³/mol. The first-order valence-corrected chi connectivity index (χ1v) is 8.91. The number of furan rings is 1. The second-order valence-corrected chi connectivity index (χ2v) is 6.33. The van der Waals surface area contributed by atoms with Crippen LogP contribution in [0.15, 0.2) is 77.4 Å². The Morgan fingerprint density at radius 2 is 1.82 bits per heavy atom. The summed E-state index contributed by atoms with van der Waals surface area (Å²) in [5, 5.41) is 2.84. The average molecular weight is 378 g/mol. The molecule has 0 atom stereocenters. The van der Waals surface area contributed by atoms with Crippen LogP contribution < -0.4 is 5.32 Å². The number of esters is 1. The molecular weight excluding hydrogens is 356 g/mol. The van der Waals surface area contributed by atoms with E-state index in [1.165, 1.54) is 7.11 Å². The number of rotatable bonds is 8. The lowest BCUT2D eigenvalue weighted by Crippen LogP contribution is -2.32. The third-order valence-corrected chi connectivity index (χ3v) is 4.14. The summed E-state index contributed by atoms with van der Waals surface area (Å²) in [6, 6.07) is 20.3. The maximum absolute atomic E-state index is 12.6. The lowest BCUT2D eigenvalue weighted by molar-refractivity contribution is -0.117. The van der Waals surface area contributed by atoms with Crippen molar-refractivity contribution in [2.45, 2.75) is 13.1 Å². The Labute approximate surface area is 163 Å². The fourth-order valence-electron chi connectivity index (χ4n) is 2.88. The first-order chi connectivity index (χ1) is 13.6. The van der Waals surface area contributed by atoms with Crippen molar-refractivity contribution in [1.29, 1.82) is 0 Å². The fraction of sp³-hybridized carbons (Fsp3) is 0.182. The molecular formula is C22H22N2O4. The van der Waals surface area contributed by atoms with Gasteiger partial charge in [-0.15, -0.1) is 0 Å². The van der Waals surface area contributed by atoms with Crippen LogP contribution in [-0.4, -0.2) is 30.4 Å². The third kappa shape index (κ3) is 5.56. The van der Waals surface area contributed by atoms with E-state index in [9.17, 15) is 9.59 Å². The number of methoxy groups -OCH3 is 1. The summed E-state index contributed by atoms with van der Waals surface area (Å²) in [4.78, 5) is 26.2. The van der Waals surface area contributed by atoms with Gasteiger partial charge in [0, 0.05) is 12.2 Å². The Hall–Kier alpha value is -3.38. The summed E-state index contributed by atoms with van der Waals surface area (Å²) in [6.07, 6.45) is 1.62. The highest BCUT2D eigenvalue weighted by Gasteiger charge is 2.14. The number of ether oxygens (including phenoxy) is 1. The van der Waals surface area contributed by atoms with E-state index in [0.717, 1.165) is 11.3 Å². The van der Waals surface area contributed by atoms with Crippen molar-refractivity contribution in [2.75, 3.05) is 19.0 Å². The molecule has 0 radical (unpaired) electrons. The molecule has 3 rings (SSSR count). The number of amides is 1. The van der Waals surface area contributed by atoms with Gasteiger partial charge in [-0.2, -0.15) is 0 Å². The van der Waals surface area contributed by atoms with Gasteiger partial charge in [0.15, 0.2) is 0 Å². The van der Waals surface area contributed by atoms with Crippen LogP contribution in [0.1, 0.15) is 21.7 Å². The van der Waals surface area contributed by atoms with E-state index in [2.05, 4.69) is 5.32 Å².